The van der Waals surface area contributed by atoms with Gasteiger partial charge in [0.2, 0.25) is 0 Å². The fourth-order valence-electron chi connectivity index (χ4n) is 3.87. The van der Waals surface area contributed by atoms with Crippen LogP contribution in [0.5, 0.6) is 0 Å². The molecular weight excluding hydrogens is 386 g/mol. The molecule has 0 spiro atoms. The van der Waals surface area contributed by atoms with Crippen molar-refractivity contribution < 1.29 is 9.53 Å². The normalized spacial score (nSPS) is 16.6. The number of nitrogens with one attached hydrogen (secondary N) is 2. The summed E-state index contributed by atoms with van der Waals surface area (Å²) in [5.41, 5.74) is 4.43. The minimum Gasteiger partial charge on any atom is -0.374 e. The van der Waals surface area contributed by atoms with E-state index >= 15 is 0 Å². The zero-order valence-corrected chi connectivity index (χ0v) is 17.7. The molecule has 1 aliphatic rings. The van der Waals surface area contributed by atoms with E-state index in [2.05, 4.69) is 51.9 Å². The van der Waals surface area contributed by atoms with E-state index in [1.807, 2.05) is 48.5 Å². The van der Waals surface area contributed by atoms with Crippen molar-refractivity contribution >= 4 is 11.7 Å². The molecule has 5 heteroatoms. The number of rotatable bonds is 7. The Bertz CT molecular complexity index is 963. The van der Waals surface area contributed by atoms with E-state index in [4.69, 9.17) is 4.74 Å². The number of carbonyl (C=O) groups excluding carboxylic acids is 1. The highest BCUT2D eigenvalue weighted by Crippen LogP contribution is 2.19. The monoisotopic (exact) mass is 415 g/mol. The van der Waals surface area contributed by atoms with Crippen LogP contribution in [0.3, 0.4) is 0 Å². The summed E-state index contributed by atoms with van der Waals surface area (Å²) < 4.78 is 5.87. The molecule has 0 saturated carbocycles. The molecule has 0 aliphatic carbocycles. The molecule has 0 aromatic heterocycles. The SMILES string of the molecule is O=C(NCC1CN(Cc2ccccc2)CCO1)Nc1ccccc1Cc1ccccc1. The maximum atomic E-state index is 12.5. The van der Waals surface area contributed by atoms with Crippen LogP contribution in [0.15, 0.2) is 84.9 Å². The van der Waals surface area contributed by atoms with Gasteiger partial charge < -0.3 is 15.4 Å². The molecule has 1 unspecified atom stereocenters. The van der Waals surface area contributed by atoms with Crippen LogP contribution in [0.1, 0.15) is 16.7 Å². The van der Waals surface area contributed by atoms with Gasteiger partial charge in [-0.25, -0.2) is 4.79 Å². The molecule has 2 amide bonds. The molecule has 5 nitrogen and oxygen atoms in total. The standard InChI is InChI=1S/C26H29N3O2/c30-26(28-25-14-8-7-13-23(25)17-21-9-3-1-4-10-21)27-18-24-20-29(15-16-31-24)19-22-11-5-2-6-12-22/h1-14,24H,15-20H2,(H2,27,28,30). The zero-order chi connectivity index (χ0) is 21.3. The van der Waals surface area contributed by atoms with Crippen LogP contribution in [-0.4, -0.2) is 43.3 Å². The molecule has 0 radical (unpaired) electrons. The lowest BCUT2D eigenvalue weighted by molar-refractivity contribution is -0.0285. The number of hydrogen-bond acceptors (Lipinski definition) is 3. The Morgan fingerprint density at radius 2 is 1.58 bits per heavy atom. The van der Waals surface area contributed by atoms with Crippen LogP contribution >= 0.6 is 0 Å². The molecular formula is C26H29N3O2. The third-order valence-corrected chi connectivity index (χ3v) is 5.47. The largest absolute Gasteiger partial charge is 0.374 e. The van der Waals surface area contributed by atoms with Crippen molar-refractivity contribution in [1.82, 2.24) is 10.2 Å². The van der Waals surface area contributed by atoms with E-state index < -0.39 is 0 Å². The van der Waals surface area contributed by atoms with E-state index in [9.17, 15) is 4.79 Å². The molecule has 1 aliphatic heterocycles. The second kappa shape index (κ2) is 10.8. The minimum atomic E-state index is -0.204. The number of ether oxygens (including phenoxy) is 1. The van der Waals surface area contributed by atoms with Gasteiger partial charge in [0, 0.05) is 31.9 Å². The number of carbonyl (C=O) groups is 1. The third-order valence-electron chi connectivity index (χ3n) is 5.47. The summed E-state index contributed by atoms with van der Waals surface area (Å²) >= 11 is 0. The fourth-order valence-corrected chi connectivity index (χ4v) is 3.87. The van der Waals surface area contributed by atoms with E-state index in [1.165, 1.54) is 11.1 Å². The van der Waals surface area contributed by atoms with Gasteiger partial charge in [0.15, 0.2) is 0 Å². The summed E-state index contributed by atoms with van der Waals surface area (Å²) in [5.74, 6) is 0. The zero-order valence-electron chi connectivity index (χ0n) is 17.7. The maximum absolute atomic E-state index is 12.5. The first-order valence-electron chi connectivity index (χ1n) is 10.8. The number of urea groups is 1. The Hall–Kier alpha value is -3.15. The third kappa shape index (κ3) is 6.41. The maximum Gasteiger partial charge on any atom is 0.319 e. The number of benzene rings is 3. The quantitative estimate of drug-likeness (QED) is 0.605. The van der Waals surface area contributed by atoms with Gasteiger partial charge in [-0.15, -0.1) is 0 Å². The van der Waals surface area contributed by atoms with Crippen molar-refractivity contribution in [2.75, 3.05) is 31.6 Å². The van der Waals surface area contributed by atoms with Crippen molar-refractivity contribution in [3.05, 3.63) is 102 Å². The lowest BCUT2D eigenvalue weighted by Gasteiger charge is -2.33. The number of anilines is 1. The van der Waals surface area contributed by atoms with Gasteiger partial charge in [-0.3, -0.25) is 4.90 Å². The number of nitrogens with zero attached hydrogens (tertiary/aromatic N) is 1. The number of morpholine rings is 1. The van der Waals surface area contributed by atoms with Gasteiger partial charge in [-0.1, -0.05) is 78.9 Å². The topological polar surface area (TPSA) is 53.6 Å². The van der Waals surface area contributed by atoms with E-state index in [-0.39, 0.29) is 12.1 Å². The average Bonchev–Trinajstić information content (AvgIpc) is 2.81. The summed E-state index contributed by atoms with van der Waals surface area (Å²) in [6, 6.07) is 28.4. The highest BCUT2D eigenvalue weighted by Gasteiger charge is 2.21. The number of para-hydroxylation sites is 1. The first kappa shape index (κ1) is 21.1. The van der Waals surface area contributed by atoms with Crippen LogP contribution < -0.4 is 10.6 Å². The molecule has 3 aromatic rings. The van der Waals surface area contributed by atoms with Crippen LogP contribution in [0.25, 0.3) is 0 Å². The second-order valence-corrected chi connectivity index (χ2v) is 7.87. The number of hydrogen-bond donors (Lipinski definition) is 2. The predicted molar refractivity (Wildman–Crippen MR) is 124 cm³/mol. The summed E-state index contributed by atoms with van der Waals surface area (Å²) in [6.07, 6.45) is 0.764. The van der Waals surface area contributed by atoms with Gasteiger partial charge in [-0.2, -0.15) is 0 Å². The summed E-state index contributed by atoms with van der Waals surface area (Å²) in [7, 11) is 0. The fraction of sp³-hybridized carbons (Fsp3) is 0.269. The van der Waals surface area contributed by atoms with Crippen molar-refractivity contribution in [1.29, 1.82) is 0 Å². The minimum absolute atomic E-state index is 0.0113. The lowest BCUT2D eigenvalue weighted by atomic mass is 10.0. The Labute approximate surface area is 184 Å². The summed E-state index contributed by atoms with van der Waals surface area (Å²) in [4.78, 5) is 14.9. The first-order valence-corrected chi connectivity index (χ1v) is 10.8. The van der Waals surface area contributed by atoms with Crippen LogP contribution in [0, 0.1) is 0 Å². The Morgan fingerprint density at radius 1 is 0.903 bits per heavy atom. The van der Waals surface area contributed by atoms with Gasteiger partial charge in [0.05, 0.1) is 12.7 Å². The van der Waals surface area contributed by atoms with Crippen LogP contribution in [0.4, 0.5) is 10.5 Å². The molecule has 160 valence electrons. The molecule has 1 saturated heterocycles. The molecule has 0 bridgehead atoms. The average molecular weight is 416 g/mol. The highest BCUT2D eigenvalue weighted by atomic mass is 16.5. The Balaban J connectivity index is 1.27. The van der Waals surface area contributed by atoms with Gasteiger partial charge in [0.25, 0.3) is 0 Å². The second-order valence-electron chi connectivity index (χ2n) is 7.87. The highest BCUT2D eigenvalue weighted by molar-refractivity contribution is 5.90. The summed E-state index contributed by atoms with van der Waals surface area (Å²) in [5, 5.41) is 5.98. The predicted octanol–water partition coefficient (Wildman–Crippen LogP) is 4.30. The van der Waals surface area contributed by atoms with Gasteiger partial charge in [0.1, 0.15) is 0 Å². The first-order chi connectivity index (χ1) is 15.3. The number of amides is 2. The molecule has 3 aromatic carbocycles. The van der Waals surface area contributed by atoms with Crippen LogP contribution in [-0.2, 0) is 17.7 Å². The molecule has 1 atom stereocenters. The van der Waals surface area contributed by atoms with Crippen molar-refractivity contribution in [2.45, 2.75) is 19.1 Å². The molecule has 4 rings (SSSR count). The van der Waals surface area contributed by atoms with Crippen molar-refractivity contribution in [3.63, 3.8) is 0 Å². The van der Waals surface area contributed by atoms with Gasteiger partial charge in [-0.05, 0) is 29.2 Å². The molecule has 1 heterocycles. The van der Waals surface area contributed by atoms with Crippen molar-refractivity contribution in [2.24, 2.45) is 0 Å². The Kier molecular flexibility index (Phi) is 7.32. The molecule has 1 fully saturated rings. The van der Waals surface area contributed by atoms with E-state index in [0.29, 0.717) is 13.2 Å². The van der Waals surface area contributed by atoms with Crippen molar-refractivity contribution in [3.8, 4) is 0 Å². The van der Waals surface area contributed by atoms with E-state index in [0.717, 1.165) is 37.3 Å². The van der Waals surface area contributed by atoms with E-state index in [1.54, 1.807) is 0 Å². The summed E-state index contributed by atoms with van der Waals surface area (Å²) in [6.45, 7) is 3.78. The molecule has 31 heavy (non-hydrogen) atoms. The van der Waals surface area contributed by atoms with Gasteiger partial charge >= 0.3 is 6.03 Å². The smallest absolute Gasteiger partial charge is 0.319 e. The Morgan fingerprint density at radius 3 is 2.35 bits per heavy atom. The molecule has 2 N–H and O–H groups in total. The van der Waals surface area contributed by atoms with Crippen LogP contribution in [0.2, 0.25) is 0 Å². The lowest BCUT2D eigenvalue weighted by Crippen LogP contribution is -2.47.